The van der Waals surface area contributed by atoms with Crippen LogP contribution in [0.15, 0.2) is 84.4 Å². The van der Waals surface area contributed by atoms with Gasteiger partial charge in [-0.2, -0.15) is 0 Å². The Hall–Kier alpha value is -4.19. The number of benzene rings is 3. The summed E-state index contributed by atoms with van der Waals surface area (Å²) < 4.78 is 0. The second-order valence-corrected chi connectivity index (χ2v) is 8.67. The predicted molar refractivity (Wildman–Crippen MR) is 139 cm³/mol. The van der Waals surface area contributed by atoms with Crippen LogP contribution in [0.5, 0.6) is 0 Å². The van der Waals surface area contributed by atoms with E-state index in [-0.39, 0.29) is 17.3 Å². The van der Waals surface area contributed by atoms with Crippen LogP contribution in [0.4, 0.5) is 11.4 Å². The lowest BCUT2D eigenvalue weighted by atomic mass is 10.1. The Bertz CT molecular complexity index is 1220. The van der Waals surface area contributed by atoms with Gasteiger partial charge in [-0.1, -0.05) is 48.0 Å². The molecule has 0 bridgehead atoms. The summed E-state index contributed by atoms with van der Waals surface area (Å²) in [5.41, 5.74) is 4.34. The van der Waals surface area contributed by atoms with Crippen LogP contribution in [-0.2, 0) is 9.59 Å². The van der Waals surface area contributed by atoms with Crippen molar-refractivity contribution < 1.29 is 14.4 Å². The molecule has 3 aromatic carbocycles. The number of piperazine rings is 1. The van der Waals surface area contributed by atoms with Gasteiger partial charge >= 0.3 is 0 Å². The zero-order valence-corrected chi connectivity index (χ0v) is 20.0. The maximum Gasteiger partial charge on any atom is 0.261 e. The molecule has 0 aromatic heterocycles. The van der Waals surface area contributed by atoms with Gasteiger partial charge in [0.25, 0.3) is 11.8 Å². The summed E-state index contributed by atoms with van der Waals surface area (Å²) in [4.78, 5) is 42.1. The van der Waals surface area contributed by atoms with Gasteiger partial charge in [-0.15, -0.1) is 0 Å². The molecule has 0 atom stereocenters. The number of Topliss-reactive ketones (excluding diaryl/α,β-unsaturated/α-hetero) is 1. The minimum Gasteiger partial charge on any atom is -0.368 e. The van der Waals surface area contributed by atoms with Crippen molar-refractivity contribution in [3.05, 3.63) is 101 Å². The fraction of sp³-hybridized carbons (Fsp3) is 0.207. The number of hydrogen-bond acceptors (Lipinski definition) is 4. The topological polar surface area (TPSA) is 69.7 Å². The van der Waals surface area contributed by atoms with Crippen molar-refractivity contribution in [3.8, 4) is 0 Å². The highest BCUT2D eigenvalue weighted by Crippen LogP contribution is 2.20. The number of anilines is 2. The Morgan fingerprint density at radius 2 is 1.43 bits per heavy atom. The molecule has 1 N–H and O–H groups in total. The van der Waals surface area contributed by atoms with Crippen molar-refractivity contribution >= 4 is 35.0 Å². The minimum absolute atomic E-state index is 0.0358. The highest BCUT2D eigenvalue weighted by Gasteiger charge is 2.27. The normalized spacial score (nSPS) is 13.9. The van der Waals surface area contributed by atoms with Gasteiger partial charge in [0.1, 0.15) is 5.57 Å². The molecule has 1 aliphatic heterocycles. The summed E-state index contributed by atoms with van der Waals surface area (Å²) in [5.74, 6) is -0.678. The Kier molecular flexibility index (Phi) is 7.41. The van der Waals surface area contributed by atoms with Gasteiger partial charge < -0.3 is 15.1 Å². The SMILES string of the molecule is CC(=O)c1ccc(N2CCN(C(=O)/C(=C/c3ccc(C)cc3)C(=O)Nc3ccccc3)CC2)cc1. The summed E-state index contributed by atoms with van der Waals surface area (Å²) >= 11 is 0. The molecule has 0 aliphatic carbocycles. The third-order valence-electron chi connectivity index (χ3n) is 6.10. The highest BCUT2D eigenvalue weighted by atomic mass is 16.2. The molecule has 0 saturated carbocycles. The number of carbonyl (C=O) groups excluding carboxylic acids is 3. The molecule has 6 heteroatoms. The molecule has 1 heterocycles. The maximum absolute atomic E-state index is 13.5. The lowest BCUT2D eigenvalue weighted by molar-refractivity contribution is -0.129. The number of nitrogens with zero attached hydrogens (tertiary/aromatic N) is 2. The molecule has 1 saturated heterocycles. The molecule has 0 spiro atoms. The third-order valence-corrected chi connectivity index (χ3v) is 6.10. The number of carbonyl (C=O) groups is 3. The number of ketones is 1. The zero-order valence-electron chi connectivity index (χ0n) is 20.0. The second-order valence-electron chi connectivity index (χ2n) is 8.67. The Labute approximate surface area is 205 Å². The number of nitrogens with one attached hydrogen (secondary N) is 1. The summed E-state index contributed by atoms with van der Waals surface area (Å²) in [7, 11) is 0. The van der Waals surface area contributed by atoms with Gasteiger partial charge in [-0.05, 0) is 61.9 Å². The van der Waals surface area contributed by atoms with Gasteiger partial charge in [0.2, 0.25) is 0 Å². The summed E-state index contributed by atoms with van der Waals surface area (Å²) in [6.45, 7) is 5.82. The number of amides is 2. The van der Waals surface area contributed by atoms with Crippen molar-refractivity contribution in [1.29, 1.82) is 0 Å². The first-order valence-electron chi connectivity index (χ1n) is 11.7. The lowest BCUT2D eigenvalue weighted by Crippen LogP contribution is -2.50. The quantitative estimate of drug-likeness (QED) is 0.250. The van der Waals surface area contributed by atoms with Crippen molar-refractivity contribution in [2.75, 3.05) is 36.4 Å². The van der Waals surface area contributed by atoms with Crippen LogP contribution in [0.2, 0.25) is 0 Å². The van der Waals surface area contributed by atoms with Crippen LogP contribution in [-0.4, -0.2) is 48.7 Å². The van der Waals surface area contributed by atoms with Crippen molar-refractivity contribution in [2.24, 2.45) is 0 Å². The zero-order chi connectivity index (χ0) is 24.8. The van der Waals surface area contributed by atoms with Crippen LogP contribution in [0, 0.1) is 6.92 Å². The minimum atomic E-state index is -0.427. The smallest absolute Gasteiger partial charge is 0.261 e. The summed E-state index contributed by atoms with van der Waals surface area (Å²) in [6, 6.07) is 24.4. The fourth-order valence-electron chi connectivity index (χ4n) is 4.02. The van der Waals surface area contributed by atoms with Crippen LogP contribution in [0.25, 0.3) is 6.08 Å². The van der Waals surface area contributed by atoms with Crippen LogP contribution >= 0.6 is 0 Å². The standard InChI is InChI=1S/C29H29N3O3/c1-21-8-10-23(11-9-21)20-27(28(34)30-25-6-4-3-5-7-25)29(35)32-18-16-31(17-19-32)26-14-12-24(13-15-26)22(2)33/h3-15,20H,16-19H2,1-2H3,(H,30,34)/b27-20+. The van der Waals surface area contributed by atoms with Crippen LogP contribution in [0.1, 0.15) is 28.4 Å². The highest BCUT2D eigenvalue weighted by molar-refractivity contribution is 6.25. The maximum atomic E-state index is 13.5. The van der Waals surface area contributed by atoms with E-state index in [2.05, 4.69) is 10.2 Å². The average molecular weight is 468 g/mol. The van der Waals surface area contributed by atoms with E-state index in [1.165, 1.54) is 0 Å². The van der Waals surface area contributed by atoms with E-state index in [0.29, 0.717) is 37.4 Å². The van der Waals surface area contributed by atoms with E-state index < -0.39 is 5.91 Å². The molecule has 4 rings (SSSR count). The number of hydrogen-bond donors (Lipinski definition) is 1. The van der Waals surface area contributed by atoms with Crippen LogP contribution in [0.3, 0.4) is 0 Å². The van der Waals surface area contributed by atoms with Gasteiger partial charge in [0.05, 0.1) is 0 Å². The van der Waals surface area contributed by atoms with Gasteiger partial charge in [-0.25, -0.2) is 0 Å². The van der Waals surface area contributed by atoms with Gasteiger partial charge in [0, 0.05) is 43.1 Å². The van der Waals surface area contributed by atoms with E-state index in [1.807, 2.05) is 73.7 Å². The first kappa shape index (κ1) is 24.0. The molecule has 2 amide bonds. The molecule has 1 aliphatic rings. The third kappa shape index (κ3) is 6.03. The Morgan fingerprint density at radius 1 is 0.800 bits per heavy atom. The Morgan fingerprint density at radius 3 is 2.03 bits per heavy atom. The van der Waals surface area contributed by atoms with Crippen molar-refractivity contribution in [1.82, 2.24) is 4.90 Å². The molecule has 6 nitrogen and oxygen atoms in total. The molecule has 35 heavy (non-hydrogen) atoms. The molecule has 1 fully saturated rings. The van der Waals surface area contributed by atoms with Crippen LogP contribution < -0.4 is 10.2 Å². The molecular weight excluding hydrogens is 438 g/mol. The van der Waals surface area contributed by atoms with E-state index in [0.717, 1.165) is 16.8 Å². The molecule has 0 unspecified atom stereocenters. The number of rotatable bonds is 6. The molecular formula is C29H29N3O3. The van der Waals surface area contributed by atoms with Gasteiger partial charge in [0.15, 0.2) is 5.78 Å². The Balaban J connectivity index is 1.50. The molecule has 0 radical (unpaired) electrons. The first-order chi connectivity index (χ1) is 16.9. The second kappa shape index (κ2) is 10.8. The monoisotopic (exact) mass is 467 g/mol. The first-order valence-corrected chi connectivity index (χ1v) is 11.7. The van der Waals surface area contributed by atoms with Crippen molar-refractivity contribution in [2.45, 2.75) is 13.8 Å². The van der Waals surface area contributed by atoms with E-state index >= 15 is 0 Å². The van der Waals surface area contributed by atoms with Crippen molar-refractivity contribution in [3.63, 3.8) is 0 Å². The molecule has 3 aromatic rings. The fourth-order valence-corrected chi connectivity index (χ4v) is 4.02. The number of aryl methyl sites for hydroxylation is 1. The molecule has 178 valence electrons. The summed E-state index contributed by atoms with van der Waals surface area (Å²) in [5, 5.41) is 2.85. The predicted octanol–water partition coefficient (Wildman–Crippen LogP) is 4.57. The van der Waals surface area contributed by atoms with Gasteiger partial charge in [-0.3, -0.25) is 14.4 Å². The number of para-hydroxylation sites is 1. The average Bonchev–Trinajstić information content (AvgIpc) is 2.88. The van der Waals surface area contributed by atoms with E-state index in [9.17, 15) is 14.4 Å². The van der Waals surface area contributed by atoms with E-state index in [4.69, 9.17) is 0 Å². The lowest BCUT2D eigenvalue weighted by Gasteiger charge is -2.36. The summed E-state index contributed by atoms with van der Waals surface area (Å²) in [6.07, 6.45) is 1.66. The van der Waals surface area contributed by atoms with E-state index in [1.54, 1.807) is 30.0 Å². The largest absolute Gasteiger partial charge is 0.368 e.